The first-order valence-electron chi connectivity index (χ1n) is 5.93. The highest BCUT2D eigenvalue weighted by Crippen LogP contribution is 2.43. The molecule has 0 heterocycles. The SMILES string of the molecule is Clc1cc(Cl)c(C(Cl)OC(Cl)c2c(Cl)cc(Cl)cc2Cl)c(Cl)c1. The first-order chi connectivity index (χ1) is 10.7. The van der Waals surface area contributed by atoms with Gasteiger partial charge in [-0.2, -0.15) is 0 Å². The second kappa shape index (κ2) is 8.40. The van der Waals surface area contributed by atoms with Crippen LogP contribution in [0.15, 0.2) is 24.3 Å². The van der Waals surface area contributed by atoms with Gasteiger partial charge in [-0.05, 0) is 24.3 Å². The summed E-state index contributed by atoms with van der Waals surface area (Å²) in [6, 6.07) is 5.98. The third-order valence-corrected chi connectivity index (χ3v) is 5.11. The monoisotopic (exact) mass is 470 g/mol. The van der Waals surface area contributed by atoms with Crippen molar-refractivity contribution in [1.29, 1.82) is 0 Å². The lowest BCUT2D eigenvalue weighted by molar-refractivity contribution is 0.0823. The summed E-state index contributed by atoms with van der Waals surface area (Å²) < 4.78 is 5.53. The Balaban J connectivity index is 2.29. The van der Waals surface area contributed by atoms with E-state index in [2.05, 4.69) is 0 Å². The van der Waals surface area contributed by atoms with Crippen molar-refractivity contribution >= 4 is 92.8 Å². The Morgan fingerprint density at radius 1 is 0.565 bits per heavy atom. The predicted octanol–water partition coefficient (Wildman–Crippen LogP) is 8.80. The van der Waals surface area contributed by atoms with E-state index in [0.717, 1.165) is 0 Å². The average Bonchev–Trinajstić information content (AvgIpc) is 2.35. The number of ether oxygens (including phenoxy) is 1. The lowest BCUT2D eigenvalue weighted by atomic mass is 10.2. The molecule has 0 spiro atoms. The molecule has 1 nitrogen and oxygen atoms in total. The van der Waals surface area contributed by atoms with Gasteiger partial charge in [-0.1, -0.05) is 92.8 Å². The van der Waals surface area contributed by atoms with Crippen LogP contribution in [0.25, 0.3) is 0 Å². The molecule has 2 aromatic rings. The molecule has 0 radical (unpaired) electrons. The van der Waals surface area contributed by atoms with Crippen LogP contribution in [0, 0.1) is 0 Å². The second-order valence-electron chi connectivity index (χ2n) is 4.33. The van der Waals surface area contributed by atoms with Crippen LogP contribution in [0.1, 0.15) is 22.3 Å². The van der Waals surface area contributed by atoms with Crippen LogP contribution >= 0.6 is 92.8 Å². The van der Waals surface area contributed by atoms with Crippen LogP contribution in [0.2, 0.25) is 30.1 Å². The van der Waals surface area contributed by atoms with Gasteiger partial charge in [-0.15, -0.1) is 0 Å². The maximum absolute atomic E-state index is 6.22. The van der Waals surface area contributed by atoms with Crippen LogP contribution in [0.4, 0.5) is 0 Å². The Morgan fingerprint density at radius 2 is 0.826 bits per heavy atom. The van der Waals surface area contributed by atoms with Crippen molar-refractivity contribution in [1.82, 2.24) is 0 Å². The van der Waals surface area contributed by atoms with E-state index in [0.29, 0.717) is 21.2 Å². The highest BCUT2D eigenvalue weighted by molar-refractivity contribution is 6.41. The van der Waals surface area contributed by atoms with Gasteiger partial charge in [-0.25, -0.2) is 0 Å². The first kappa shape index (κ1) is 20.0. The number of alkyl halides is 2. The van der Waals surface area contributed by atoms with Gasteiger partial charge in [0, 0.05) is 21.2 Å². The molecule has 2 unspecified atom stereocenters. The van der Waals surface area contributed by atoms with E-state index in [1.807, 2.05) is 0 Å². The molecule has 23 heavy (non-hydrogen) atoms. The summed E-state index contributed by atoms with van der Waals surface area (Å²) in [5.74, 6) is 0. The van der Waals surface area contributed by atoms with Crippen molar-refractivity contribution in [2.45, 2.75) is 11.1 Å². The molecule has 0 aromatic heterocycles. The van der Waals surface area contributed by atoms with Gasteiger partial charge < -0.3 is 4.74 Å². The lowest BCUT2D eigenvalue weighted by Gasteiger charge is -2.20. The molecule has 0 amide bonds. The first-order valence-corrected chi connectivity index (χ1v) is 9.07. The molecule has 0 N–H and O–H groups in total. The number of benzene rings is 2. The summed E-state index contributed by atoms with van der Waals surface area (Å²) in [6.07, 6.45) is 0. The summed E-state index contributed by atoms with van der Waals surface area (Å²) >= 11 is 48.5. The highest BCUT2D eigenvalue weighted by Gasteiger charge is 2.24. The molecule has 2 aromatic carbocycles. The molecule has 0 fully saturated rings. The van der Waals surface area contributed by atoms with Gasteiger partial charge in [0.15, 0.2) is 11.1 Å². The van der Waals surface area contributed by atoms with E-state index in [9.17, 15) is 0 Å². The lowest BCUT2D eigenvalue weighted by Crippen LogP contribution is -2.04. The maximum Gasteiger partial charge on any atom is 0.161 e. The molecule has 124 valence electrons. The predicted molar refractivity (Wildman–Crippen MR) is 101 cm³/mol. The number of hydrogen-bond acceptors (Lipinski definition) is 1. The molecule has 0 bridgehead atoms. The van der Waals surface area contributed by atoms with Crippen molar-refractivity contribution in [3.05, 3.63) is 65.5 Å². The highest BCUT2D eigenvalue weighted by atomic mass is 35.5. The van der Waals surface area contributed by atoms with Crippen molar-refractivity contribution in [3.8, 4) is 0 Å². The summed E-state index contributed by atoms with van der Waals surface area (Å²) in [5.41, 5.74) is -1.41. The molecule has 0 aliphatic rings. The molecular formula is C14H6Cl8O. The Labute approximate surface area is 173 Å². The van der Waals surface area contributed by atoms with Gasteiger partial charge in [-0.3, -0.25) is 0 Å². The van der Waals surface area contributed by atoms with E-state index in [-0.39, 0.29) is 20.1 Å². The summed E-state index contributed by atoms with van der Waals surface area (Å²) in [4.78, 5) is 0. The largest absolute Gasteiger partial charge is 0.335 e. The minimum absolute atomic E-state index is 0.250. The van der Waals surface area contributed by atoms with Crippen LogP contribution in [-0.2, 0) is 4.74 Å². The molecule has 0 aliphatic heterocycles. The topological polar surface area (TPSA) is 9.23 Å². The fourth-order valence-electron chi connectivity index (χ4n) is 1.78. The van der Waals surface area contributed by atoms with Gasteiger partial charge in [0.2, 0.25) is 0 Å². The quantitative estimate of drug-likeness (QED) is 0.403. The second-order valence-corrected chi connectivity index (χ2v) is 7.63. The molecule has 0 aliphatic carbocycles. The minimum atomic E-state index is -1.04. The van der Waals surface area contributed by atoms with Crippen LogP contribution in [0.5, 0.6) is 0 Å². The summed E-state index contributed by atoms with van der Waals surface area (Å²) in [7, 11) is 0. The van der Waals surface area contributed by atoms with Crippen LogP contribution in [0.3, 0.4) is 0 Å². The van der Waals surface area contributed by atoms with Crippen molar-refractivity contribution in [2.24, 2.45) is 0 Å². The van der Waals surface area contributed by atoms with Gasteiger partial charge in [0.25, 0.3) is 0 Å². The third-order valence-electron chi connectivity index (χ3n) is 2.78. The normalized spacial score (nSPS) is 13.9. The Kier molecular flexibility index (Phi) is 7.32. The molecule has 0 saturated heterocycles. The van der Waals surface area contributed by atoms with Crippen molar-refractivity contribution < 1.29 is 4.74 Å². The smallest absolute Gasteiger partial charge is 0.161 e. The third kappa shape index (κ3) is 4.88. The summed E-state index contributed by atoms with van der Waals surface area (Å²) in [6.45, 7) is 0. The molecule has 9 heteroatoms. The molecular weight excluding hydrogens is 468 g/mol. The van der Waals surface area contributed by atoms with E-state index < -0.39 is 11.1 Å². The summed E-state index contributed by atoms with van der Waals surface area (Å²) in [5, 5.41) is 1.75. The van der Waals surface area contributed by atoms with Crippen molar-refractivity contribution in [2.75, 3.05) is 0 Å². The Bertz CT molecular complexity index is 625. The van der Waals surface area contributed by atoms with E-state index in [1.54, 1.807) is 0 Å². The van der Waals surface area contributed by atoms with Crippen molar-refractivity contribution in [3.63, 3.8) is 0 Å². The zero-order valence-corrected chi connectivity index (χ0v) is 16.9. The Morgan fingerprint density at radius 3 is 1.09 bits per heavy atom. The fraction of sp³-hybridized carbons (Fsp3) is 0.143. The standard InChI is InChI=1S/C14H6Cl8O/c15-5-1-7(17)11(8(18)2-5)13(21)23-14(22)12-9(19)3-6(16)4-10(12)20/h1-4,13-14H. The molecule has 0 saturated carbocycles. The minimum Gasteiger partial charge on any atom is -0.335 e. The molecule has 2 rings (SSSR count). The van der Waals surface area contributed by atoms with E-state index in [4.69, 9.17) is 97.5 Å². The number of rotatable bonds is 4. The number of halogens is 8. The van der Waals surface area contributed by atoms with Gasteiger partial charge in [0.05, 0.1) is 20.1 Å². The van der Waals surface area contributed by atoms with E-state index >= 15 is 0 Å². The van der Waals surface area contributed by atoms with Gasteiger partial charge in [0.1, 0.15) is 0 Å². The van der Waals surface area contributed by atoms with Crippen LogP contribution < -0.4 is 0 Å². The zero-order chi connectivity index (χ0) is 17.3. The number of hydrogen-bond donors (Lipinski definition) is 0. The van der Waals surface area contributed by atoms with Crippen LogP contribution in [-0.4, -0.2) is 0 Å². The van der Waals surface area contributed by atoms with E-state index in [1.165, 1.54) is 24.3 Å². The van der Waals surface area contributed by atoms with Gasteiger partial charge >= 0.3 is 0 Å². The zero-order valence-electron chi connectivity index (χ0n) is 10.9. The maximum atomic E-state index is 6.22. The fourth-order valence-corrected chi connectivity index (χ4v) is 4.76. The average molecular weight is 474 g/mol. The molecule has 2 atom stereocenters. The Hall–Kier alpha value is 0.720.